The molecule has 1 heterocycles. The van der Waals surface area contributed by atoms with E-state index in [2.05, 4.69) is 40.5 Å². The van der Waals surface area contributed by atoms with Gasteiger partial charge in [0.05, 0.1) is 39.8 Å². The average molecular weight is 603 g/mol. The fraction of sp³-hybridized carbons (Fsp3) is 0.441. The van der Waals surface area contributed by atoms with E-state index in [0.29, 0.717) is 57.6 Å². The lowest BCUT2D eigenvalue weighted by Crippen LogP contribution is -2.27. The molecule has 228 valence electrons. The molecule has 0 spiro atoms. The molecule has 9 heteroatoms. The monoisotopic (exact) mass is 602 g/mol. The predicted octanol–water partition coefficient (Wildman–Crippen LogP) is 8.12. The Kier molecular flexibility index (Phi) is 11.3. The largest absolute Gasteiger partial charge is 0.492 e. The molecule has 2 unspecified atom stereocenters. The first-order chi connectivity index (χ1) is 20.7. The first-order valence-corrected chi connectivity index (χ1v) is 15.5. The number of pyridine rings is 1. The Morgan fingerprint density at radius 2 is 2.05 bits per heavy atom. The van der Waals surface area contributed by atoms with Gasteiger partial charge in [-0.05, 0) is 90.4 Å². The van der Waals surface area contributed by atoms with Gasteiger partial charge < -0.3 is 25.6 Å². The quantitative estimate of drug-likeness (QED) is 0.142. The molecule has 43 heavy (non-hydrogen) atoms. The minimum absolute atomic E-state index is 0.0995. The number of halogens is 1. The van der Waals surface area contributed by atoms with Crippen LogP contribution in [0.2, 0.25) is 5.02 Å². The average Bonchev–Trinajstić information content (AvgIpc) is 3.19. The number of nitriles is 1. The minimum atomic E-state index is -0.0995. The molecule has 4 rings (SSSR count). The van der Waals surface area contributed by atoms with Gasteiger partial charge in [0, 0.05) is 35.8 Å². The fourth-order valence-electron chi connectivity index (χ4n) is 5.67. The zero-order valence-corrected chi connectivity index (χ0v) is 26.5. The molecule has 0 aliphatic heterocycles. The normalized spacial score (nSPS) is 15.9. The number of hydrogen-bond donors (Lipinski definition) is 3. The zero-order valence-electron chi connectivity index (χ0n) is 25.7. The molecule has 1 saturated carbocycles. The molecule has 2 aromatic carbocycles. The molecule has 1 fully saturated rings. The molecular weight excluding hydrogens is 560 g/mol. The molecule has 8 nitrogen and oxygen atoms in total. The van der Waals surface area contributed by atoms with Crippen LogP contribution in [0.5, 0.6) is 5.75 Å². The summed E-state index contributed by atoms with van der Waals surface area (Å²) in [4.78, 5) is 19.3. The summed E-state index contributed by atoms with van der Waals surface area (Å²) >= 11 is 6.77. The van der Waals surface area contributed by atoms with Gasteiger partial charge in [-0.1, -0.05) is 36.6 Å². The second kappa shape index (κ2) is 15.1. The molecule has 2 atom stereocenters. The van der Waals surface area contributed by atoms with Gasteiger partial charge in [0.1, 0.15) is 11.8 Å². The van der Waals surface area contributed by atoms with Crippen LogP contribution in [0, 0.1) is 17.2 Å². The zero-order chi connectivity index (χ0) is 30.9. The van der Waals surface area contributed by atoms with Crippen LogP contribution in [0.3, 0.4) is 0 Å². The Balaban J connectivity index is 1.60. The summed E-state index contributed by atoms with van der Waals surface area (Å²) in [6.07, 6.45) is 8.59. The number of aromatic nitrogens is 1. The molecule has 1 aliphatic rings. The molecule has 3 N–H and O–H groups in total. The van der Waals surface area contributed by atoms with Gasteiger partial charge in [-0.2, -0.15) is 5.26 Å². The van der Waals surface area contributed by atoms with Crippen LogP contribution in [0.25, 0.3) is 10.9 Å². The summed E-state index contributed by atoms with van der Waals surface area (Å²) in [5, 5.41) is 21.2. The van der Waals surface area contributed by atoms with E-state index in [1.807, 2.05) is 50.2 Å². The van der Waals surface area contributed by atoms with E-state index < -0.39 is 0 Å². The number of rotatable bonds is 12. The summed E-state index contributed by atoms with van der Waals surface area (Å²) in [5.41, 5.74) is 5.04. The number of hydrogen-bond acceptors (Lipinski definition) is 7. The summed E-state index contributed by atoms with van der Waals surface area (Å²) in [7, 11) is 3.96. The second-order valence-corrected chi connectivity index (χ2v) is 11.9. The van der Waals surface area contributed by atoms with E-state index >= 15 is 0 Å². The van der Waals surface area contributed by atoms with E-state index in [0.717, 1.165) is 37.2 Å². The third-order valence-corrected chi connectivity index (χ3v) is 8.25. The molecule has 3 aromatic rings. The summed E-state index contributed by atoms with van der Waals surface area (Å²) in [5.74, 6) is 0.850. The molecule has 1 amide bonds. The molecule has 1 aliphatic carbocycles. The number of nitrogens with one attached hydrogen (secondary N) is 3. The van der Waals surface area contributed by atoms with E-state index in [1.165, 1.54) is 24.8 Å². The third-order valence-electron chi connectivity index (χ3n) is 7.94. The number of carbonyl (C=O) groups excluding carboxylic acids is 1. The number of carbonyl (C=O) groups is 1. The number of anilines is 4. The Bertz CT molecular complexity index is 1500. The van der Waals surface area contributed by atoms with Crippen molar-refractivity contribution < 1.29 is 9.53 Å². The van der Waals surface area contributed by atoms with Crippen molar-refractivity contribution in [2.75, 3.05) is 43.2 Å². The van der Waals surface area contributed by atoms with Crippen LogP contribution in [0.15, 0.2) is 48.7 Å². The van der Waals surface area contributed by atoms with E-state index in [1.54, 1.807) is 12.3 Å². The molecule has 0 saturated heterocycles. The smallest absolute Gasteiger partial charge is 0.224 e. The fourth-order valence-corrected chi connectivity index (χ4v) is 5.90. The first kappa shape index (κ1) is 32.1. The third kappa shape index (κ3) is 8.40. The number of amides is 1. The Labute approximate surface area is 260 Å². The first-order valence-electron chi connectivity index (χ1n) is 15.1. The number of fused-ring (bicyclic) bond motifs is 1. The van der Waals surface area contributed by atoms with Crippen molar-refractivity contribution in [2.45, 2.75) is 64.8 Å². The lowest BCUT2D eigenvalue weighted by molar-refractivity contribution is -0.116. The van der Waals surface area contributed by atoms with Crippen molar-refractivity contribution >= 4 is 51.2 Å². The summed E-state index contributed by atoms with van der Waals surface area (Å²) in [6, 6.07) is 11.8. The van der Waals surface area contributed by atoms with Crippen molar-refractivity contribution in [2.24, 2.45) is 5.92 Å². The van der Waals surface area contributed by atoms with Gasteiger partial charge in [0.25, 0.3) is 0 Å². The maximum Gasteiger partial charge on any atom is 0.224 e. The Morgan fingerprint density at radius 3 is 2.77 bits per heavy atom. The van der Waals surface area contributed by atoms with Crippen molar-refractivity contribution in [3.63, 3.8) is 0 Å². The van der Waals surface area contributed by atoms with Crippen LogP contribution in [-0.4, -0.2) is 49.1 Å². The number of ether oxygens (including phenoxy) is 1. The SMILES string of the molecule is C=C1CCCCCC1C(C)Nc1ccc(Nc2c(C#N)cnc3cc(OCC)c(NC(=O)CCCN(C)C)cc23)cc1Cl. The molecule has 0 bridgehead atoms. The van der Waals surface area contributed by atoms with E-state index in [-0.39, 0.29) is 11.9 Å². The Hall–Kier alpha value is -3.80. The Morgan fingerprint density at radius 1 is 1.23 bits per heavy atom. The topological polar surface area (TPSA) is 102 Å². The van der Waals surface area contributed by atoms with Gasteiger partial charge >= 0.3 is 0 Å². The highest BCUT2D eigenvalue weighted by atomic mass is 35.5. The number of benzene rings is 2. The van der Waals surface area contributed by atoms with Gasteiger partial charge in [0.2, 0.25) is 5.91 Å². The molecule has 0 radical (unpaired) electrons. The summed E-state index contributed by atoms with van der Waals surface area (Å²) < 4.78 is 5.84. The van der Waals surface area contributed by atoms with Crippen molar-refractivity contribution in [3.8, 4) is 11.8 Å². The lowest BCUT2D eigenvalue weighted by atomic mass is 9.89. The maximum absolute atomic E-state index is 12.8. The van der Waals surface area contributed by atoms with Gasteiger partial charge in [-0.15, -0.1) is 0 Å². The number of nitrogens with zero attached hydrogens (tertiary/aromatic N) is 3. The standard InChI is InChI=1S/C34H43ClN6O2/c1-6-43-32-19-30-27(18-31(32)40-33(42)13-10-16-41(4)5)34(24(20-36)21-37-30)39-25-14-15-29(28(35)17-25)38-23(3)26-12-9-7-8-11-22(26)2/h14-15,17-19,21,23,26,38H,2,6-13,16H2,1,3-5H3,(H,37,39)(H,40,42). The van der Waals surface area contributed by atoms with E-state index in [4.69, 9.17) is 16.3 Å². The van der Waals surface area contributed by atoms with Crippen LogP contribution in [0.4, 0.5) is 22.7 Å². The van der Waals surface area contributed by atoms with Crippen LogP contribution in [-0.2, 0) is 4.79 Å². The van der Waals surface area contributed by atoms with E-state index in [9.17, 15) is 10.1 Å². The van der Waals surface area contributed by atoms with Crippen LogP contribution in [0.1, 0.15) is 64.4 Å². The van der Waals surface area contributed by atoms with Crippen LogP contribution < -0.4 is 20.7 Å². The summed E-state index contributed by atoms with van der Waals surface area (Å²) in [6.45, 7) is 9.69. The predicted molar refractivity (Wildman–Crippen MR) is 178 cm³/mol. The highest BCUT2D eigenvalue weighted by molar-refractivity contribution is 6.33. The van der Waals surface area contributed by atoms with Crippen molar-refractivity contribution in [3.05, 3.63) is 59.3 Å². The highest BCUT2D eigenvalue weighted by Gasteiger charge is 2.23. The minimum Gasteiger partial charge on any atom is -0.492 e. The van der Waals surface area contributed by atoms with Gasteiger partial charge in [-0.25, -0.2) is 0 Å². The van der Waals surface area contributed by atoms with Gasteiger partial charge in [0.15, 0.2) is 0 Å². The van der Waals surface area contributed by atoms with Crippen molar-refractivity contribution in [1.82, 2.24) is 9.88 Å². The van der Waals surface area contributed by atoms with Crippen molar-refractivity contribution in [1.29, 1.82) is 5.26 Å². The lowest BCUT2D eigenvalue weighted by Gasteiger charge is -2.27. The second-order valence-electron chi connectivity index (χ2n) is 11.5. The molecule has 1 aromatic heterocycles. The van der Waals surface area contributed by atoms with Gasteiger partial charge in [-0.3, -0.25) is 9.78 Å². The molecular formula is C34H43ClN6O2. The highest BCUT2D eigenvalue weighted by Crippen LogP contribution is 2.38. The van der Waals surface area contributed by atoms with Crippen LogP contribution >= 0.6 is 11.6 Å². The maximum atomic E-state index is 12.8.